The molecule has 0 radical (unpaired) electrons. The first-order valence-corrected chi connectivity index (χ1v) is 16.6. The molecule has 5 rings (SSSR count). The number of nitrogens with one attached hydrogen (secondary N) is 1. The Labute approximate surface area is 253 Å². The van der Waals surface area contributed by atoms with E-state index in [1.807, 2.05) is 29.2 Å². The summed E-state index contributed by atoms with van der Waals surface area (Å²) >= 11 is 6.17. The molecule has 2 aliphatic heterocycles. The van der Waals surface area contributed by atoms with Crippen molar-refractivity contribution in [2.45, 2.75) is 38.4 Å². The summed E-state index contributed by atoms with van der Waals surface area (Å²) in [6, 6.07) is 11.5. The molecule has 43 heavy (non-hydrogen) atoms. The maximum atomic E-state index is 14.3. The first kappa shape index (κ1) is 30.6. The molecule has 13 heteroatoms. The molecule has 3 amide bonds. The maximum Gasteiger partial charge on any atom is 0.331 e. The molecule has 2 aliphatic rings. The van der Waals surface area contributed by atoms with E-state index in [1.54, 1.807) is 4.90 Å². The van der Waals surface area contributed by atoms with E-state index in [2.05, 4.69) is 11.2 Å². The summed E-state index contributed by atoms with van der Waals surface area (Å²) in [4.78, 5) is 56.5. The zero-order valence-corrected chi connectivity index (χ0v) is 25.3. The monoisotopic (exact) mass is 629 g/mol. The van der Waals surface area contributed by atoms with Crippen LogP contribution in [-0.4, -0.2) is 78.6 Å². The molecule has 1 N–H and O–H groups in total. The highest BCUT2D eigenvalue weighted by Gasteiger charge is 2.31. The van der Waals surface area contributed by atoms with Crippen LogP contribution in [0, 0.1) is 5.82 Å². The molecular weight excluding hydrogens is 597 g/mol. The van der Waals surface area contributed by atoms with E-state index in [-0.39, 0.29) is 53.0 Å². The van der Waals surface area contributed by atoms with Crippen molar-refractivity contribution in [2.75, 3.05) is 37.0 Å². The summed E-state index contributed by atoms with van der Waals surface area (Å²) in [5.74, 6) is 2.47. The van der Waals surface area contributed by atoms with Crippen LogP contribution in [0.1, 0.15) is 18.4 Å². The van der Waals surface area contributed by atoms with Gasteiger partial charge in [0, 0.05) is 61.7 Å². The smallest absolute Gasteiger partial charge is 0.331 e. The molecule has 10 nitrogen and oxygen atoms in total. The Balaban J connectivity index is 1.34. The van der Waals surface area contributed by atoms with Crippen molar-refractivity contribution in [1.29, 1.82) is 0 Å². The number of hydrogen-bond donors (Lipinski definition) is 1. The molecular formula is C30H33ClFN5O5S. The van der Waals surface area contributed by atoms with Gasteiger partial charge in [0.05, 0.1) is 10.6 Å². The summed E-state index contributed by atoms with van der Waals surface area (Å²) in [5.41, 5.74) is 0.415. The first-order chi connectivity index (χ1) is 20.4. The van der Waals surface area contributed by atoms with E-state index in [1.165, 1.54) is 24.6 Å². The number of para-hydroxylation sites is 1. The van der Waals surface area contributed by atoms with Crippen LogP contribution in [0.25, 0.3) is 11.1 Å². The number of fused-ring (bicyclic) bond motifs is 1. The van der Waals surface area contributed by atoms with Crippen molar-refractivity contribution in [3.8, 4) is 11.1 Å². The number of anilines is 1. The number of carbonyl (C=O) groups excluding carboxylic acids is 2. The highest BCUT2D eigenvalue weighted by atomic mass is 35.5. The van der Waals surface area contributed by atoms with Crippen LogP contribution in [0.5, 0.6) is 0 Å². The van der Waals surface area contributed by atoms with Gasteiger partial charge in [-0.3, -0.25) is 22.9 Å². The SMILES string of the molecule is C=S(C)(=O)CCn1c(=O)c(-c2cccc(F)c2Cl)cn(CC(=O)N2CCC(N3CCc4ccccc4NC3=O)CC2)c1=O. The van der Waals surface area contributed by atoms with E-state index in [0.29, 0.717) is 32.5 Å². The lowest BCUT2D eigenvalue weighted by Crippen LogP contribution is -2.51. The Morgan fingerprint density at radius 2 is 1.79 bits per heavy atom. The fourth-order valence-corrected chi connectivity index (χ4v) is 6.35. The number of hydrogen-bond acceptors (Lipinski definition) is 5. The standard InChI is InChI=1S/C30H33ClFN5O5S/c1-43(2,42)17-16-37-28(39)23(22-7-5-8-24(32)27(22)31)18-35(30(37)41)19-26(38)34-13-11-21(12-14-34)36-15-10-20-6-3-4-9-25(20)33-29(36)40/h3-9,18,21H,1,10-17,19H2,2H3,(H,33,40). The van der Waals surface area contributed by atoms with Crippen LogP contribution in [-0.2, 0) is 33.8 Å². The topological polar surface area (TPSA) is 114 Å². The van der Waals surface area contributed by atoms with Gasteiger partial charge in [0.2, 0.25) is 5.91 Å². The maximum absolute atomic E-state index is 14.3. The molecule has 0 saturated carbocycles. The quantitative estimate of drug-likeness (QED) is 0.404. The fourth-order valence-electron chi connectivity index (χ4n) is 5.56. The lowest BCUT2D eigenvalue weighted by Gasteiger charge is -2.38. The summed E-state index contributed by atoms with van der Waals surface area (Å²) in [6.45, 7) is 0.780. The Morgan fingerprint density at radius 3 is 2.51 bits per heavy atom. The van der Waals surface area contributed by atoms with Crippen LogP contribution in [0.3, 0.4) is 0 Å². The molecule has 0 bridgehead atoms. The van der Waals surface area contributed by atoms with Crippen LogP contribution >= 0.6 is 11.6 Å². The Hall–Kier alpha value is -3.90. The predicted octanol–water partition coefficient (Wildman–Crippen LogP) is 2.90. The largest absolute Gasteiger partial charge is 0.341 e. The molecule has 228 valence electrons. The van der Waals surface area contributed by atoms with Gasteiger partial charge in [-0.1, -0.05) is 41.9 Å². The molecule has 1 atom stereocenters. The van der Waals surface area contributed by atoms with Crippen molar-refractivity contribution >= 4 is 44.6 Å². The van der Waals surface area contributed by atoms with Crippen LogP contribution in [0.4, 0.5) is 14.9 Å². The second-order valence-electron chi connectivity index (χ2n) is 11.0. The summed E-state index contributed by atoms with van der Waals surface area (Å²) < 4.78 is 28.5. The highest BCUT2D eigenvalue weighted by molar-refractivity contribution is 7.99. The number of carbonyl (C=O) groups is 2. The van der Waals surface area contributed by atoms with Gasteiger partial charge in [-0.2, -0.15) is 0 Å². The molecule has 1 saturated heterocycles. The van der Waals surface area contributed by atoms with Gasteiger partial charge in [0.15, 0.2) is 0 Å². The van der Waals surface area contributed by atoms with Crippen molar-refractivity contribution in [3.63, 3.8) is 0 Å². The fraction of sp³-hybridized carbons (Fsp3) is 0.367. The average molecular weight is 630 g/mol. The Bertz CT molecular complexity index is 1800. The number of nitrogens with zero attached hydrogens (tertiary/aromatic N) is 4. The van der Waals surface area contributed by atoms with Gasteiger partial charge in [-0.15, -0.1) is 0 Å². The first-order valence-electron chi connectivity index (χ1n) is 13.9. The normalized spacial score (nSPS) is 17.1. The van der Waals surface area contributed by atoms with Crippen LogP contribution in [0.15, 0.2) is 58.3 Å². The molecule has 1 unspecified atom stereocenters. The second kappa shape index (κ2) is 12.4. The number of benzene rings is 2. The Kier molecular flexibility index (Phi) is 8.79. The molecule has 0 aliphatic carbocycles. The Morgan fingerprint density at radius 1 is 1.07 bits per heavy atom. The number of likely N-dealkylation sites (tertiary alicyclic amines) is 1. The zero-order chi connectivity index (χ0) is 30.9. The summed E-state index contributed by atoms with van der Waals surface area (Å²) in [7, 11) is -2.54. The number of urea groups is 1. The third-order valence-electron chi connectivity index (χ3n) is 7.93. The average Bonchev–Trinajstić information content (AvgIpc) is 3.13. The van der Waals surface area contributed by atoms with Gasteiger partial charge in [0.25, 0.3) is 5.56 Å². The molecule has 2 aromatic carbocycles. The highest BCUT2D eigenvalue weighted by Crippen LogP contribution is 2.28. The van der Waals surface area contributed by atoms with Crippen LogP contribution in [0.2, 0.25) is 5.02 Å². The van der Waals surface area contributed by atoms with E-state index < -0.39 is 26.6 Å². The number of rotatable bonds is 7. The summed E-state index contributed by atoms with van der Waals surface area (Å²) in [5, 5.41) is 2.69. The van der Waals surface area contributed by atoms with E-state index >= 15 is 0 Å². The van der Waals surface area contributed by atoms with Crippen molar-refractivity contribution in [1.82, 2.24) is 18.9 Å². The molecule has 1 aromatic heterocycles. The van der Waals surface area contributed by atoms with Crippen molar-refractivity contribution in [2.24, 2.45) is 0 Å². The lowest BCUT2D eigenvalue weighted by molar-refractivity contribution is -0.133. The minimum atomic E-state index is -2.54. The minimum Gasteiger partial charge on any atom is -0.341 e. The van der Waals surface area contributed by atoms with Gasteiger partial charge < -0.3 is 15.1 Å². The number of amides is 3. The molecule has 3 heterocycles. The molecule has 0 spiro atoms. The third kappa shape index (κ3) is 6.70. The number of piperidine rings is 1. The van der Waals surface area contributed by atoms with Gasteiger partial charge in [-0.05, 0) is 52.4 Å². The van der Waals surface area contributed by atoms with E-state index in [0.717, 1.165) is 32.9 Å². The molecule has 3 aromatic rings. The third-order valence-corrected chi connectivity index (χ3v) is 9.36. The van der Waals surface area contributed by atoms with Gasteiger partial charge >= 0.3 is 11.7 Å². The van der Waals surface area contributed by atoms with Crippen molar-refractivity contribution in [3.05, 3.63) is 85.9 Å². The lowest BCUT2D eigenvalue weighted by atomic mass is 10.0. The zero-order valence-electron chi connectivity index (χ0n) is 23.8. The van der Waals surface area contributed by atoms with E-state index in [4.69, 9.17) is 11.6 Å². The minimum absolute atomic E-state index is 0.0426. The van der Waals surface area contributed by atoms with Gasteiger partial charge in [-0.25, -0.2) is 14.0 Å². The van der Waals surface area contributed by atoms with Gasteiger partial charge in [0.1, 0.15) is 12.4 Å². The molecule has 1 fully saturated rings. The van der Waals surface area contributed by atoms with Crippen molar-refractivity contribution < 1.29 is 18.2 Å². The van der Waals surface area contributed by atoms with Crippen LogP contribution < -0.4 is 16.6 Å². The predicted molar refractivity (Wildman–Crippen MR) is 167 cm³/mol. The second-order valence-corrected chi connectivity index (χ2v) is 14.2. The number of halogens is 2. The number of aromatic nitrogens is 2. The van der Waals surface area contributed by atoms with E-state index in [9.17, 15) is 27.8 Å². The summed E-state index contributed by atoms with van der Waals surface area (Å²) in [6.07, 6.45) is 4.51.